The smallest absolute Gasteiger partial charge is 0.260 e. The lowest BCUT2D eigenvalue weighted by Gasteiger charge is -2.25. The number of hydrogen-bond donors (Lipinski definition) is 1. The standard InChI is InChI=1S/C18H21N5O2S/c1-2-11-23-17(8-10-19-23)26(24,25)22-12-9-15-16(13-22)21-18(20-15)14-6-4-3-5-7-14/h3-8,10H,2,9,11-13H2,1H3,(H,20,21). The van der Waals surface area contributed by atoms with Gasteiger partial charge in [0.25, 0.3) is 10.0 Å². The van der Waals surface area contributed by atoms with Gasteiger partial charge in [0.2, 0.25) is 0 Å². The molecule has 1 aliphatic heterocycles. The number of aromatic nitrogens is 4. The highest BCUT2D eigenvalue weighted by Crippen LogP contribution is 2.26. The van der Waals surface area contributed by atoms with Crippen molar-refractivity contribution < 1.29 is 8.42 Å². The molecule has 0 spiro atoms. The van der Waals surface area contributed by atoms with Crippen molar-refractivity contribution in [1.29, 1.82) is 0 Å². The van der Waals surface area contributed by atoms with Crippen molar-refractivity contribution in [3.63, 3.8) is 0 Å². The quantitative estimate of drug-likeness (QED) is 0.747. The molecule has 26 heavy (non-hydrogen) atoms. The highest BCUT2D eigenvalue weighted by atomic mass is 32.2. The van der Waals surface area contributed by atoms with Gasteiger partial charge in [-0.25, -0.2) is 13.4 Å². The molecule has 3 heterocycles. The molecule has 7 nitrogen and oxygen atoms in total. The van der Waals surface area contributed by atoms with Gasteiger partial charge in [-0.05, 0) is 12.5 Å². The van der Waals surface area contributed by atoms with Gasteiger partial charge in [0.1, 0.15) is 5.82 Å². The lowest BCUT2D eigenvalue weighted by molar-refractivity contribution is 0.378. The lowest BCUT2D eigenvalue weighted by atomic mass is 10.2. The SMILES string of the molecule is CCCn1nccc1S(=O)(=O)N1CCc2nc(-c3ccccc3)[nH]c2C1. The van der Waals surface area contributed by atoms with Crippen LogP contribution in [0.4, 0.5) is 0 Å². The maximum Gasteiger partial charge on any atom is 0.260 e. The summed E-state index contributed by atoms with van der Waals surface area (Å²) in [5.41, 5.74) is 2.80. The second-order valence-electron chi connectivity index (χ2n) is 6.36. The summed E-state index contributed by atoms with van der Waals surface area (Å²) in [7, 11) is -3.58. The minimum atomic E-state index is -3.58. The van der Waals surface area contributed by atoms with Crippen LogP contribution in [0.5, 0.6) is 0 Å². The second-order valence-corrected chi connectivity index (χ2v) is 8.24. The van der Waals surface area contributed by atoms with Gasteiger partial charge in [-0.1, -0.05) is 37.3 Å². The first-order chi connectivity index (χ1) is 12.6. The Balaban J connectivity index is 1.62. The summed E-state index contributed by atoms with van der Waals surface area (Å²) >= 11 is 0. The minimum Gasteiger partial charge on any atom is -0.341 e. The van der Waals surface area contributed by atoms with Crippen LogP contribution < -0.4 is 0 Å². The van der Waals surface area contributed by atoms with E-state index in [1.807, 2.05) is 37.3 Å². The molecule has 0 radical (unpaired) electrons. The molecule has 0 aliphatic carbocycles. The first-order valence-electron chi connectivity index (χ1n) is 8.74. The zero-order valence-electron chi connectivity index (χ0n) is 14.6. The fraction of sp³-hybridized carbons (Fsp3) is 0.333. The van der Waals surface area contributed by atoms with Crippen LogP contribution >= 0.6 is 0 Å². The Morgan fingerprint density at radius 2 is 2.00 bits per heavy atom. The average Bonchev–Trinajstić information content (AvgIpc) is 3.29. The number of nitrogens with one attached hydrogen (secondary N) is 1. The van der Waals surface area contributed by atoms with Gasteiger partial charge in [-0.15, -0.1) is 0 Å². The van der Waals surface area contributed by atoms with E-state index in [2.05, 4.69) is 15.1 Å². The average molecular weight is 371 g/mol. The van der Waals surface area contributed by atoms with Crippen molar-refractivity contribution in [3.05, 3.63) is 54.0 Å². The van der Waals surface area contributed by atoms with Crippen LogP contribution in [0.2, 0.25) is 0 Å². The van der Waals surface area contributed by atoms with Crippen molar-refractivity contribution >= 4 is 10.0 Å². The van der Waals surface area contributed by atoms with Gasteiger partial charge in [0, 0.05) is 25.1 Å². The monoisotopic (exact) mass is 371 g/mol. The van der Waals surface area contributed by atoms with E-state index >= 15 is 0 Å². The minimum absolute atomic E-state index is 0.255. The first kappa shape index (κ1) is 17.0. The second kappa shape index (κ2) is 6.69. The normalized spacial score (nSPS) is 15.1. The van der Waals surface area contributed by atoms with Crippen molar-refractivity contribution in [3.8, 4) is 11.4 Å². The first-order valence-corrected chi connectivity index (χ1v) is 10.2. The van der Waals surface area contributed by atoms with E-state index < -0.39 is 10.0 Å². The summed E-state index contributed by atoms with van der Waals surface area (Å²) in [6.45, 7) is 3.31. The molecule has 0 fully saturated rings. The van der Waals surface area contributed by atoms with Gasteiger partial charge < -0.3 is 4.98 Å². The van der Waals surface area contributed by atoms with Crippen LogP contribution in [-0.2, 0) is 29.5 Å². The molecule has 3 aromatic rings. The molecule has 0 bridgehead atoms. The summed E-state index contributed by atoms with van der Waals surface area (Å²) in [5, 5.41) is 4.40. The number of rotatable bonds is 5. The van der Waals surface area contributed by atoms with Crippen LogP contribution in [0.3, 0.4) is 0 Å². The number of sulfonamides is 1. The molecule has 8 heteroatoms. The van der Waals surface area contributed by atoms with Gasteiger partial charge in [-0.3, -0.25) is 4.68 Å². The molecular formula is C18H21N5O2S. The van der Waals surface area contributed by atoms with Crippen LogP contribution in [-0.4, -0.2) is 39.0 Å². The van der Waals surface area contributed by atoms with Gasteiger partial charge in [0.15, 0.2) is 5.03 Å². The summed E-state index contributed by atoms with van der Waals surface area (Å²) in [6.07, 6.45) is 2.97. The Labute approximate surface area is 152 Å². The highest BCUT2D eigenvalue weighted by molar-refractivity contribution is 7.89. The number of aromatic amines is 1. The largest absolute Gasteiger partial charge is 0.341 e. The van der Waals surface area contributed by atoms with E-state index in [-0.39, 0.29) is 5.03 Å². The zero-order valence-corrected chi connectivity index (χ0v) is 15.4. The molecular weight excluding hydrogens is 350 g/mol. The third-order valence-electron chi connectivity index (χ3n) is 4.56. The Kier molecular flexibility index (Phi) is 4.37. The molecule has 0 amide bonds. The number of aryl methyl sites for hydroxylation is 1. The highest BCUT2D eigenvalue weighted by Gasteiger charge is 2.32. The number of H-pyrrole nitrogens is 1. The number of nitrogens with zero attached hydrogens (tertiary/aromatic N) is 4. The van der Waals surface area contributed by atoms with Gasteiger partial charge >= 0.3 is 0 Å². The molecule has 0 saturated heterocycles. The fourth-order valence-corrected chi connectivity index (χ4v) is 4.79. The topological polar surface area (TPSA) is 83.9 Å². The number of hydrogen-bond acceptors (Lipinski definition) is 4. The van der Waals surface area contributed by atoms with E-state index in [0.29, 0.717) is 26.1 Å². The Hall–Kier alpha value is -2.45. The molecule has 1 aliphatic rings. The lowest BCUT2D eigenvalue weighted by Crippen LogP contribution is -2.37. The molecule has 0 saturated carbocycles. The maximum absolute atomic E-state index is 13.1. The van der Waals surface area contributed by atoms with Crippen molar-refractivity contribution in [2.75, 3.05) is 6.54 Å². The van der Waals surface area contributed by atoms with Crippen molar-refractivity contribution in [1.82, 2.24) is 24.1 Å². The number of fused-ring (bicyclic) bond motifs is 1. The third-order valence-corrected chi connectivity index (χ3v) is 6.43. The molecule has 0 unspecified atom stereocenters. The molecule has 0 atom stereocenters. The maximum atomic E-state index is 13.1. The molecule has 2 aromatic heterocycles. The van der Waals surface area contributed by atoms with Crippen LogP contribution in [0.15, 0.2) is 47.6 Å². The van der Waals surface area contributed by atoms with E-state index in [1.54, 1.807) is 16.9 Å². The fourth-order valence-electron chi connectivity index (χ4n) is 3.26. The van der Waals surface area contributed by atoms with Crippen LogP contribution in [0.25, 0.3) is 11.4 Å². The van der Waals surface area contributed by atoms with E-state index in [9.17, 15) is 8.42 Å². The van der Waals surface area contributed by atoms with E-state index in [4.69, 9.17) is 0 Å². The Morgan fingerprint density at radius 3 is 2.77 bits per heavy atom. The molecule has 1 aromatic carbocycles. The van der Waals surface area contributed by atoms with Gasteiger partial charge in [-0.2, -0.15) is 9.40 Å². The predicted molar refractivity (Wildman–Crippen MR) is 97.8 cm³/mol. The summed E-state index contributed by atoms with van der Waals surface area (Å²) in [6, 6.07) is 11.4. The van der Waals surface area contributed by atoms with Crippen LogP contribution in [0, 0.1) is 0 Å². The van der Waals surface area contributed by atoms with E-state index in [0.717, 1.165) is 29.2 Å². The number of benzene rings is 1. The molecule has 136 valence electrons. The Morgan fingerprint density at radius 1 is 1.19 bits per heavy atom. The molecule has 1 N–H and O–H groups in total. The summed E-state index contributed by atoms with van der Waals surface area (Å²) < 4.78 is 29.2. The van der Waals surface area contributed by atoms with Gasteiger partial charge in [0.05, 0.1) is 24.1 Å². The van der Waals surface area contributed by atoms with Crippen molar-refractivity contribution in [2.24, 2.45) is 0 Å². The summed E-state index contributed by atoms with van der Waals surface area (Å²) in [5.74, 6) is 0.783. The Bertz CT molecular complexity index is 1010. The molecule has 4 rings (SSSR count). The number of imidazole rings is 1. The zero-order chi connectivity index (χ0) is 18.1. The summed E-state index contributed by atoms with van der Waals surface area (Å²) in [4.78, 5) is 7.95. The predicted octanol–water partition coefficient (Wildman–Crippen LogP) is 2.43. The van der Waals surface area contributed by atoms with Crippen molar-refractivity contribution in [2.45, 2.75) is 37.9 Å². The van der Waals surface area contributed by atoms with Crippen LogP contribution in [0.1, 0.15) is 24.7 Å². The van der Waals surface area contributed by atoms with E-state index in [1.165, 1.54) is 4.31 Å². The third kappa shape index (κ3) is 2.95.